The van der Waals surface area contributed by atoms with Crippen LogP contribution in [0.4, 0.5) is 5.82 Å². The molecule has 0 saturated carbocycles. The molecule has 1 aliphatic heterocycles. The molecule has 11 nitrogen and oxygen atoms in total. The molecule has 2 aliphatic carbocycles. The van der Waals surface area contributed by atoms with Crippen LogP contribution in [0, 0.1) is 12.3 Å². The Morgan fingerprint density at radius 1 is 1.19 bits per heavy atom. The van der Waals surface area contributed by atoms with Crippen molar-refractivity contribution in [3.05, 3.63) is 93.4 Å². The highest BCUT2D eigenvalue weighted by Crippen LogP contribution is 2.46. The van der Waals surface area contributed by atoms with E-state index in [4.69, 9.17) is 6.42 Å². The van der Waals surface area contributed by atoms with Gasteiger partial charge in [-0.15, -0.1) is 11.5 Å². The number of terminal acetylenes is 1. The van der Waals surface area contributed by atoms with Crippen LogP contribution in [0.25, 0.3) is 5.65 Å². The minimum atomic E-state index is -4.00. The molecule has 218 valence electrons. The van der Waals surface area contributed by atoms with Gasteiger partial charge in [0.05, 0.1) is 18.0 Å². The Balaban J connectivity index is 1.50. The van der Waals surface area contributed by atoms with Gasteiger partial charge in [-0.05, 0) is 60.1 Å². The molecule has 3 N–H and O–H groups in total. The molecular formula is C31H29N7O4S. The summed E-state index contributed by atoms with van der Waals surface area (Å²) in [6.45, 7) is 2.35. The van der Waals surface area contributed by atoms with E-state index in [1.165, 1.54) is 17.8 Å². The molecule has 6 rings (SSSR count). The third-order valence-corrected chi connectivity index (χ3v) is 8.98. The number of benzene rings is 1. The summed E-state index contributed by atoms with van der Waals surface area (Å²) < 4.78 is 30.5. The molecule has 3 aliphatic rings. The van der Waals surface area contributed by atoms with E-state index in [0.29, 0.717) is 18.5 Å². The molecular weight excluding hydrogens is 566 g/mol. The molecule has 43 heavy (non-hydrogen) atoms. The van der Waals surface area contributed by atoms with E-state index in [9.17, 15) is 18.0 Å². The first-order valence-corrected chi connectivity index (χ1v) is 15.3. The number of carbonyl (C=O) groups is 2. The Morgan fingerprint density at radius 3 is 2.72 bits per heavy atom. The summed E-state index contributed by atoms with van der Waals surface area (Å²) >= 11 is 0. The predicted octanol–water partition coefficient (Wildman–Crippen LogP) is 2.88. The van der Waals surface area contributed by atoms with Crippen molar-refractivity contribution in [2.45, 2.75) is 38.1 Å². The Labute approximate surface area is 249 Å². The zero-order valence-corrected chi connectivity index (χ0v) is 24.4. The number of aromatic nitrogens is 3. The molecule has 12 heteroatoms. The number of nitrogens with one attached hydrogen (secondary N) is 3. The van der Waals surface area contributed by atoms with E-state index in [1.54, 1.807) is 18.5 Å². The zero-order valence-electron chi connectivity index (χ0n) is 23.6. The lowest BCUT2D eigenvalue weighted by Gasteiger charge is -2.31. The number of nitrogens with zero attached hydrogens (tertiary/aromatic N) is 4. The monoisotopic (exact) mass is 595 g/mol. The lowest BCUT2D eigenvalue weighted by Crippen LogP contribution is -2.38. The van der Waals surface area contributed by atoms with E-state index < -0.39 is 28.1 Å². The summed E-state index contributed by atoms with van der Waals surface area (Å²) in [5, 5.41) is 7.29. The maximum absolute atomic E-state index is 14.3. The van der Waals surface area contributed by atoms with E-state index in [0.717, 1.165) is 40.7 Å². The summed E-state index contributed by atoms with van der Waals surface area (Å²) in [4.78, 5) is 37.1. The number of dihydropyridines is 1. The third-order valence-electron chi connectivity index (χ3n) is 7.98. The number of Topliss-reactive ketones (excluding diaryl/α,β-unsaturated/α-hetero) is 1. The molecule has 0 spiro atoms. The summed E-state index contributed by atoms with van der Waals surface area (Å²) in [5.41, 5.74) is 5.62. The minimum Gasteiger partial charge on any atom is -0.346 e. The fourth-order valence-electron chi connectivity index (χ4n) is 6.16. The first-order valence-electron chi connectivity index (χ1n) is 13.8. The molecule has 3 aromatic rings. The van der Waals surface area contributed by atoms with Crippen molar-refractivity contribution >= 4 is 39.6 Å². The number of carbonyl (C=O) groups excluding carboxylic acids is 2. The van der Waals surface area contributed by atoms with Crippen molar-refractivity contribution in [2.75, 3.05) is 18.3 Å². The fraction of sp³-hybridized carbons (Fsp3) is 0.258. The summed E-state index contributed by atoms with van der Waals surface area (Å²) in [6.07, 6.45) is 13.2. The second kappa shape index (κ2) is 11.1. The molecule has 0 bridgehead atoms. The number of rotatable bonds is 7. The molecule has 0 fully saturated rings. The number of hydrogen-bond donors (Lipinski definition) is 3. The Kier molecular flexibility index (Phi) is 7.29. The molecule has 3 heterocycles. The van der Waals surface area contributed by atoms with E-state index in [2.05, 4.69) is 35.8 Å². The highest BCUT2D eigenvalue weighted by Gasteiger charge is 2.40. The topological polar surface area (TPSA) is 147 Å². The van der Waals surface area contributed by atoms with Gasteiger partial charge in [-0.2, -0.15) is 8.42 Å². The first-order chi connectivity index (χ1) is 20.7. The van der Waals surface area contributed by atoms with Crippen LogP contribution in [0.1, 0.15) is 48.0 Å². The number of ketones is 1. The summed E-state index contributed by atoms with van der Waals surface area (Å²) in [7, 11) is -2.75. The molecule has 2 atom stereocenters. The standard InChI is InChI=1S/C31H29N7O4S/c1-4-21-23-17-33-16-20-12-8-13-22(25(20)23)24(26(28(21)39)19-10-6-5-7-11-19)18(2)35-31(40)27-29(37-43(41,42)32-3)36-38-15-9-14-34-30(27)38/h1,5-7,9-11,14-15,17-18,26,32H,8,12-13,16H2,2-3H3,(H,35,40)(H,36,37). The summed E-state index contributed by atoms with van der Waals surface area (Å²) in [5.74, 6) is 0.888. The van der Waals surface area contributed by atoms with Crippen molar-refractivity contribution in [2.24, 2.45) is 4.99 Å². The predicted molar refractivity (Wildman–Crippen MR) is 163 cm³/mol. The number of allylic oxidation sites excluding steroid dienone is 4. The highest BCUT2D eigenvalue weighted by atomic mass is 32.2. The van der Waals surface area contributed by atoms with Crippen LogP contribution in [0.2, 0.25) is 0 Å². The van der Waals surface area contributed by atoms with Crippen LogP contribution < -0.4 is 14.8 Å². The maximum Gasteiger partial charge on any atom is 0.300 e. The van der Waals surface area contributed by atoms with Crippen molar-refractivity contribution < 1.29 is 18.0 Å². The summed E-state index contributed by atoms with van der Waals surface area (Å²) in [6, 6.07) is 10.3. The van der Waals surface area contributed by atoms with E-state index in [-0.39, 0.29) is 28.4 Å². The van der Waals surface area contributed by atoms with Crippen LogP contribution in [0.5, 0.6) is 0 Å². The highest BCUT2D eigenvalue weighted by molar-refractivity contribution is 7.90. The Morgan fingerprint density at radius 2 is 1.98 bits per heavy atom. The van der Waals surface area contributed by atoms with E-state index >= 15 is 0 Å². The van der Waals surface area contributed by atoms with Gasteiger partial charge in [-0.3, -0.25) is 19.3 Å². The fourth-order valence-corrected chi connectivity index (χ4v) is 6.66. The van der Waals surface area contributed by atoms with Gasteiger partial charge >= 0.3 is 0 Å². The number of hydrogen-bond acceptors (Lipinski definition) is 7. The lowest BCUT2D eigenvalue weighted by atomic mass is 9.76. The van der Waals surface area contributed by atoms with Gasteiger partial charge in [0.25, 0.3) is 16.1 Å². The average molecular weight is 596 g/mol. The molecule has 0 radical (unpaired) electrons. The molecule has 1 aromatic carbocycles. The first kappa shape index (κ1) is 28.3. The number of anilines is 1. The van der Waals surface area contributed by atoms with Crippen LogP contribution in [0.15, 0.2) is 87.2 Å². The van der Waals surface area contributed by atoms with Gasteiger partial charge in [0.2, 0.25) is 0 Å². The lowest BCUT2D eigenvalue weighted by molar-refractivity contribution is -0.115. The molecule has 2 aromatic heterocycles. The SMILES string of the molecule is C#CC1=C2C=NCC3=C2C(=C(C(C)NC(=O)c2c(NS(=O)(=O)NC)nn4cccnc24)C(c2ccccc2)C1=O)CCC3. The Bertz CT molecular complexity index is 1950. The normalized spacial score (nSPS) is 19.2. The molecule has 1 amide bonds. The number of fused-ring (bicyclic) bond motifs is 1. The minimum absolute atomic E-state index is 0.0513. The van der Waals surface area contributed by atoms with Crippen molar-refractivity contribution in [3.63, 3.8) is 0 Å². The van der Waals surface area contributed by atoms with Gasteiger partial charge in [-0.25, -0.2) is 14.2 Å². The van der Waals surface area contributed by atoms with Crippen LogP contribution >= 0.6 is 0 Å². The van der Waals surface area contributed by atoms with Gasteiger partial charge in [-0.1, -0.05) is 36.3 Å². The van der Waals surface area contributed by atoms with Crippen molar-refractivity contribution in [3.8, 4) is 12.3 Å². The van der Waals surface area contributed by atoms with Crippen molar-refractivity contribution in [1.29, 1.82) is 0 Å². The number of amides is 1. The largest absolute Gasteiger partial charge is 0.346 e. The second-order valence-corrected chi connectivity index (χ2v) is 12.1. The van der Waals surface area contributed by atoms with Crippen LogP contribution in [0.3, 0.4) is 0 Å². The van der Waals surface area contributed by atoms with Gasteiger partial charge in [0, 0.05) is 37.3 Å². The third kappa shape index (κ3) is 4.96. The maximum atomic E-state index is 14.3. The van der Waals surface area contributed by atoms with Crippen molar-refractivity contribution in [1.82, 2.24) is 24.6 Å². The van der Waals surface area contributed by atoms with Gasteiger partial charge in [0.1, 0.15) is 5.56 Å². The zero-order chi connectivity index (χ0) is 30.3. The molecule has 2 unspecified atom stereocenters. The van der Waals surface area contributed by atoms with Gasteiger partial charge in [0.15, 0.2) is 17.2 Å². The van der Waals surface area contributed by atoms with Gasteiger partial charge < -0.3 is 5.32 Å². The van der Waals surface area contributed by atoms with Crippen LogP contribution in [-0.2, 0) is 15.0 Å². The van der Waals surface area contributed by atoms with E-state index in [1.807, 2.05) is 37.3 Å². The second-order valence-electron chi connectivity index (χ2n) is 10.5. The van der Waals surface area contributed by atoms with Crippen LogP contribution in [-0.4, -0.2) is 60.6 Å². The average Bonchev–Trinajstić information content (AvgIpc) is 3.32. The number of aliphatic imine (C=N–C) groups is 1. The molecule has 0 saturated heterocycles. The Hall–Kier alpha value is -4.86. The quantitative estimate of drug-likeness (QED) is 0.358. The smallest absolute Gasteiger partial charge is 0.300 e.